The van der Waals surface area contributed by atoms with Crippen LogP contribution in [0.15, 0.2) is 0 Å². The van der Waals surface area contributed by atoms with Crippen molar-refractivity contribution in [3.05, 3.63) is 0 Å². The summed E-state index contributed by atoms with van der Waals surface area (Å²) >= 11 is 0. The second-order valence-corrected chi connectivity index (χ2v) is 3.30. The summed E-state index contributed by atoms with van der Waals surface area (Å²) in [6.07, 6.45) is 0.582. The maximum Gasteiger partial charge on any atom is 0.249 e. The van der Waals surface area contributed by atoms with Gasteiger partial charge in [-0.05, 0) is 13.3 Å². The van der Waals surface area contributed by atoms with Crippen LogP contribution in [0.25, 0.3) is 0 Å². The Hall–Kier alpha value is -1.43. The number of hydrogen-bond donors (Lipinski definition) is 3. The van der Waals surface area contributed by atoms with Crippen LogP contribution in [0, 0.1) is 0 Å². The Kier molecular flexibility index (Phi) is 3.19. The largest absolute Gasteiger partial charge is 0.343 e. The summed E-state index contributed by atoms with van der Waals surface area (Å²) in [4.78, 5) is 33.1. The van der Waals surface area contributed by atoms with Crippen LogP contribution in [0.1, 0.15) is 19.8 Å². The van der Waals surface area contributed by atoms with Gasteiger partial charge in [-0.15, -0.1) is 0 Å². The van der Waals surface area contributed by atoms with Crippen LogP contribution < -0.4 is 16.4 Å². The first-order valence-corrected chi connectivity index (χ1v) is 4.40. The third-order valence-electron chi connectivity index (χ3n) is 1.97. The smallest absolute Gasteiger partial charge is 0.249 e. The van der Waals surface area contributed by atoms with Crippen LogP contribution in [-0.4, -0.2) is 29.8 Å². The quantitative estimate of drug-likeness (QED) is 0.459. The molecule has 1 aliphatic rings. The van der Waals surface area contributed by atoms with Crippen molar-refractivity contribution in [1.29, 1.82) is 0 Å². The standard InChI is InChI=1S/C8H13N3O3/c1-4(9)7(13)10-5-2-3-6(12)11-8(5)14/h4-5H,2-3,9H2,1H3,(H,10,13)(H,11,12,14)/t4-,5?/m1/s1. The van der Waals surface area contributed by atoms with Crippen molar-refractivity contribution >= 4 is 17.7 Å². The van der Waals surface area contributed by atoms with Gasteiger partial charge >= 0.3 is 0 Å². The van der Waals surface area contributed by atoms with E-state index in [1.807, 2.05) is 0 Å². The molecule has 3 amide bonds. The fraction of sp³-hybridized carbons (Fsp3) is 0.625. The van der Waals surface area contributed by atoms with Crippen molar-refractivity contribution in [1.82, 2.24) is 10.6 Å². The lowest BCUT2D eigenvalue weighted by Crippen LogP contribution is -2.54. The highest BCUT2D eigenvalue weighted by molar-refractivity contribution is 6.01. The van der Waals surface area contributed by atoms with E-state index in [2.05, 4.69) is 10.6 Å². The van der Waals surface area contributed by atoms with E-state index in [0.717, 1.165) is 0 Å². The molecular formula is C8H13N3O3. The fourth-order valence-electron chi connectivity index (χ4n) is 1.13. The van der Waals surface area contributed by atoms with Crippen molar-refractivity contribution < 1.29 is 14.4 Å². The first kappa shape index (κ1) is 10.6. The summed E-state index contributed by atoms with van der Waals surface area (Å²) in [5.74, 6) is -1.16. The zero-order chi connectivity index (χ0) is 10.7. The molecule has 14 heavy (non-hydrogen) atoms. The first-order chi connectivity index (χ1) is 6.50. The van der Waals surface area contributed by atoms with E-state index in [9.17, 15) is 14.4 Å². The van der Waals surface area contributed by atoms with E-state index in [4.69, 9.17) is 5.73 Å². The maximum atomic E-state index is 11.2. The third-order valence-corrected chi connectivity index (χ3v) is 1.97. The van der Waals surface area contributed by atoms with Gasteiger partial charge < -0.3 is 11.1 Å². The van der Waals surface area contributed by atoms with E-state index in [1.165, 1.54) is 6.92 Å². The van der Waals surface area contributed by atoms with Gasteiger partial charge in [0, 0.05) is 6.42 Å². The van der Waals surface area contributed by atoms with Crippen molar-refractivity contribution in [3.8, 4) is 0 Å². The molecule has 0 saturated carbocycles. The van der Waals surface area contributed by atoms with E-state index >= 15 is 0 Å². The average Bonchev–Trinajstić information content (AvgIpc) is 2.09. The lowest BCUT2D eigenvalue weighted by atomic mass is 10.1. The van der Waals surface area contributed by atoms with Crippen molar-refractivity contribution in [3.63, 3.8) is 0 Å². The van der Waals surface area contributed by atoms with Crippen LogP contribution in [-0.2, 0) is 14.4 Å². The van der Waals surface area contributed by atoms with Gasteiger partial charge in [0.15, 0.2) is 0 Å². The Morgan fingerprint density at radius 3 is 2.79 bits per heavy atom. The molecule has 78 valence electrons. The number of carbonyl (C=O) groups is 3. The molecule has 6 heteroatoms. The number of nitrogens with one attached hydrogen (secondary N) is 2. The molecule has 0 spiro atoms. The highest BCUT2D eigenvalue weighted by Gasteiger charge is 2.28. The van der Waals surface area contributed by atoms with E-state index in [1.54, 1.807) is 0 Å². The molecule has 2 atom stereocenters. The zero-order valence-electron chi connectivity index (χ0n) is 7.87. The molecule has 1 aliphatic heterocycles. The molecule has 0 radical (unpaired) electrons. The Bertz CT molecular complexity index is 275. The van der Waals surface area contributed by atoms with Crippen molar-refractivity contribution in [2.45, 2.75) is 31.8 Å². The van der Waals surface area contributed by atoms with Crippen LogP contribution in [0.5, 0.6) is 0 Å². The highest BCUT2D eigenvalue weighted by Crippen LogP contribution is 2.03. The molecule has 0 aromatic heterocycles. The van der Waals surface area contributed by atoms with Crippen LogP contribution in [0.4, 0.5) is 0 Å². The first-order valence-electron chi connectivity index (χ1n) is 4.40. The van der Waals surface area contributed by atoms with Crippen molar-refractivity contribution in [2.24, 2.45) is 5.73 Å². The second kappa shape index (κ2) is 4.19. The number of imide groups is 1. The number of amides is 3. The summed E-state index contributed by atoms with van der Waals surface area (Å²) in [6, 6.07) is -1.29. The summed E-state index contributed by atoms with van der Waals surface area (Å²) < 4.78 is 0. The number of nitrogens with two attached hydrogens (primary N) is 1. The van der Waals surface area contributed by atoms with Gasteiger partial charge in [-0.3, -0.25) is 19.7 Å². The monoisotopic (exact) mass is 199 g/mol. The van der Waals surface area contributed by atoms with Gasteiger partial charge in [-0.2, -0.15) is 0 Å². The van der Waals surface area contributed by atoms with E-state index in [0.29, 0.717) is 6.42 Å². The lowest BCUT2D eigenvalue weighted by Gasteiger charge is -2.22. The molecule has 1 rings (SSSR count). The van der Waals surface area contributed by atoms with Gasteiger partial charge in [0.25, 0.3) is 0 Å². The summed E-state index contributed by atoms with van der Waals surface area (Å²) in [6.45, 7) is 1.53. The van der Waals surface area contributed by atoms with Crippen LogP contribution >= 0.6 is 0 Å². The molecule has 1 saturated heterocycles. The molecule has 0 bridgehead atoms. The SMILES string of the molecule is C[C@@H](N)C(=O)NC1CCC(=O)NC1=O. The topological polar surface area (TPSA) is 101 Å². The molecule has 0 aliphatic carbocycles. The Labute approximate surface area is 81.2 Å². The Morgan fingerprint density at radius 2 is 2.29 bits per heavy atom. The molecule has 6 nitrogen and oxygen atoms in total. The Balaban J connectivity index is 2.49. The second-order valence-electron chi connectivity index (χ2n) is 3.30. The summed E-state index contributed by atoms with van der Waals surface area (Å²) in [5, 5.41) is 4.60. The van der Waals surface area contributed by atoms with Gasteiger partial charge in [-0.25, -0.2) is 0 Å². The molecule has 1 fully saturated rings. The van der Waals surface area contributed by atoms with Crippen molar-refractivity contribution in [2.75, 3.05) is 0 Å². The van der Waals surface area contributed by atoms with Gasteiger partial charge in [0.2, 0.25) is 17.7 Å². The van der Waals surface area contributed by atoms with E-state index in [-0.39, 0.29) is 18.2 Å². The Morgan fingerprint density at radius 1 is 1.64 bits per heavy atom. The fourth-order valence-corrected chi connectivity index (χ4v) is 1.13. The molecule has 1 heterocycles. The highest BCUT2D eigenvalue weighted by atomic mass is 16.2. The van der Waals surface area contributed by atoms with Gasteiger partial charge in [0.05, 0.1) is 6.04 Å². The number of rotatable bonds is 2. The number of hydrogen-bond acceptors (Lipinski definition) is 4. The predicted molar refractivity (Wildman–Crippen MR) is 48.0 cm³/mol. The number of carbonyl (C=O) groups excluding carboxylic acids is 3. The molecular weight excluding hydrogens is 186 g/mol. The van der Waals surface area contributed by atoms with Gasteiger partial charge in [0.1, 0.15) is 6.04 Å². The van der Waals surface area contributed by atoms with E-state index < -0.39 is 18.0 Å². The predicted octanol–water partition coefficient (Wildman–Crippen LogP) is -1.74. The zero-order valence-corrected chi connectivity index (χ0v) is 7.87. The molecule has 0 aromatic rings. The third kappa shape index (κ3) is 2.53. The maximum absolute atomic E-state index is 11.2. The molecule has 0 aromatic carbocycles. The van der Waals surface area contributed by atoms with Crippen LogP contribution in [0.3, 0.4) is 0 Å². The average molecular weight is 199 g/mol. The molecule has 1 unspecified atom stereocenters. The minimum Gasteiger partial charge on any atom is -0.343 e. The minimum atomic E-state index is -0.652. The normalized spacial score (nSPS) is 24.0. The number of piperidine rings is 1. The molecule has 4 N–H and O–H groups in total. The lowest BCUT2D eigenvalue weighted by molar-refractivity contribution is -0.137. The van der Waals surface area contributed by atoms with Crippen LogP contribution in [0.2, 0.25) is 0 Å². The van der Waals surface area contributed by atoms with Gasteiger partial charge in [-0.1, -0.05) is 0 Å². The summed E-state index contributed by atoms with van der Waals surface area (Å²) in [7, 11) is 0. The summed E-state index contributed by atoms with van der Waals surface area (Å²) in [5.41, 5.74) is 5.32. The minimum absolute atomic E-state index is 0.246.